The summed E-state index contributed by atoms with van der Waals surface area (Å²) >= 11 is 0. The molecule has 4 heteroatoms. The molecular weight excluding hydrogens is 256 g/mol. The van der Waals surface area contributed by atoms with E-state index in [1.165, 1.54) is 5.57 Å². The van der Waals surface area contributed by atoms with Gasteiger partial charge in [-0.1, -0.05) is 30.7 Å². The summed E-state index contributed by atoms with van der Waals surface area (Å²) in [6.07, 6.45) is 9.42. The summed E-state index contributed by atoms with van der Waals surface area (Å²) in [6, 6.07) is 0. The summed E-state index contributed by atoms with van der Waals surface area (Å²) in [4.78, 5) is 0. The summed E-state index contributed by atoms with van der Waals surface area (Å²) in [5.41, 5.74) is 3.32. The lowest BCUT2D eigenvalue weighted by atomic mass is 10.0. The molecule has 0 aliphatic carbocycles. The summed E-state index contributed by atoms with van der Waals surface area (Å²) in [5.74, 6) is 0.578. The van der Waals surface area contributed by atoms with E-state index in [0.29, 0.717) is 5.92 Å². The molecule has 0 radical (unpaired) electrons. The van der Waals surface area contributed by atoms with Crippen LogP contribution in [0.1, 0.15) is 33.1 Å². The highest BCUT2D eigenvalue weighted by Crippen LogP contribution is 2.13. The molecule has 0 aliphatic heterocycles. The average Bonchev–Trinajstić information content (AvgIpc) is 2.45. The highest BCUT2D eigenvalue weighted by molar-refractivity contribution is 6.66. The molecule has 0 aromatic rings. The first-order valence-corrected chi connectivity index (χ1v) is 8.45. The Kier molecular flexibility index (Phi) is 9.78. The SMILES string of the molecule is C=CC(C)CC/C(C)=C/C/C=C\[Si](OC)(OC)OC. The third-order valence-electron chi connectivity index (χ3n) is 3.17. The van der Waals surface area contributed by atoms with Crippen LogP contribution in [0.25, 0.3) is 0 Å². The lowest BCUT2D eigenvalue weighted by molar-refractivity contribution is 0.138. The standard InChI is InChI=1S/C15H28O3Si/c1-7-14(2)11-12-15(3)10-8-9-13-19(16-4,17-5)18-6/h7,9-10,13-14H,1,8,11-12H2,2-6H3/b13-9-,15-10+. The third-order valence-corrected chi connectivity index (χ3v) is 5.53. The highest BCUT2D eigenvalue weighted by Gasteiger charge is 2.33. The molecule has 19 heavy (non-hydrogen) atoms. The summed E-state index contributed by atoms with van der Waals surface area (Å²) < 4.78 is 15.9. The zero-order valence-electron chi connectivity index (χ0n) is 12.9. The molecule has 0 saturated heterocycles. The Labute approximate surface area is 119 Å². The van der Waals surface area contributed by atoms with Crippen LogP contribution in [0, 0.1) is 5.92 Å². The van der Waals surface area contributed by atoms with E-state index < -0.39 is 8.80 Å². The molecule has 0 saturated carbocycles. The van der Waals surface area contributed by atoms with Crippen molar-refractivity contribution in [3.05, 3.63) is 36.1 Å². The van der Waals surface area contributed by atoms with Gasteiger partial charge in [-0.3, -0.25) is 0 Å². The van der Waals surface area contributed by atoms with Gasteiger partial charge >= 0.3 is 8.80 Å². The van der Waals surface area contributed by atoms with Gasteiger partial charge in [0.2, 0.25) is 0 Å². The molecule has 0 rings (SSSR count). The monoisotopic (exact) mass is 284 g/mol. The van der Waals surface area contributed by atoms with Crippen LogP contribution in [0.2, 0.25) is 0 Å². The first-order chi connectivity index (χ1) is 9.03. The molecule has 0 aromatic heterocycles. The van der Waals surface area contributed by atoms with E-state index in [9.17, 15) is 0 Å². The van der Waals surface area contributed by atoms with Crippen molar-refractivity contribution in [2.24, 2.45) is 5.92 Å². The van der Waals surface area contributed by atoms with Crippen molar-refractivity contribution < 1.29 is 13.3 Å². The topological polar surface area (TPSA) is 27.7 Å². The number of hydrogen-bond acceptors (Lipinski definition) is 3. The Morgan fingerprint density at radius 3 is 2.26 bits per heavy atom. The fraction of sp³-hybridized carbons (Fsp3) is 0.600. The van der Waals surface area contributed by atoms with Crippen LogP contribution >= 0.6 is 0 Å². The van der Waals surface area contributed by atoms with Gasteiger partial charge in [0.1, 0.15) is 0 Å². The number of rotatable bonds is 10. The lowest BCUT2D eigenvalue weighted by Gasteiger charge is -2.20. The minimum Gasteiger partial charge on any atom is -0.374 e. The van der Waals surface area contributed by atoms with Gasteiger partial charge in [0, 0.05) is 21.3 Å². The second-order valence-corrected chi connectivity index (χ2v) is 7.42. The molecule has 1 unspecified atom stereocenters. The molecule has 0 N–H and O–H groups in total. The van der Waals surface area contributed by atoms with Crippen LogP contribution in [0.15, 0.2) is 36.1 Å². The van der Waals surface area contributed by atoms with Crippen molar-refractivity contribution in [1.82, 2.24) is 0 Å². The third kappa shape index (κ3) is 7.47. The average molecular weight is 284 g/mol. The maximum absolute atomic E-state index is 5.31. The Morgan fingerprint density at radius 1 is 1.21 bits per heavy atom. The Balaban J connectivity index is 4.21. The summed E-state index contributed by atoms with van der Waals surface area (Å²) in [7, 11) is 2.28. The Bertz CT molecular complexity index is 298. The first-order valence-electron chi connectivity index (χ1n) is 6.65. The van der Waals surface area contributed by atoms with Gasteiger partial charge in [0.25, 0.3) is 0 Å². The van der Waals surface area contributed by atoms with Crippen LogP contribution in [0.4, 0.5) is 0 Å². The number of allylic oxidation sites excluding steroid dienone is 4. The van der Waals surface area contributed by atoms with Crippen molar-refractivity contribution >= 4 is 8.80 Å². The van der Waals surface area contributed by atoms with Gasteiger partial charge in [0.15, 0.2) is 0 Å². The fourth-order valence-corrected chi connectivity index (χ4v) is 2.94. The van der Waals surface area contributed by atoms with E-state index in [-0.39, 0.29) is 0 Å². The molecule has 0 spiro atoms. The van der Waals surface area contributed by atoms with Crippen molar-refractivity contribution in [2.75, 3.05) is 21.3 Å². The molecule has 0 aromatic carbocycles. The summed E-state index contributed by atoms with van der Waals surface area (Å²) in [6.45, 7) is 8.16. The van der Waals surface area contributed by atoms with E-state index in [0.717, 1.165) is 19.3 Å². The van der Waals surface area contributed by atoms with Crippen molar-refractivity contribution in [3.8, 4) is 0 Å². The fourth-order valence-electron chi connectivity index (χ4n) is 1.61. The predicted molar refractivity (Wildman–Crippen MR) is 82.9 cm³/mol. The zero-order chi connectivity index (χ0) is 14.7. The Hall–Kier alpha value is -0.683. The number of hydrogen-bond donors (Lipinski definition) is 0. The van der Waals surface area contributed by atoms with Gasteiger partial charge in [-0.15, -0.1) is 6.58 Å². The van der Waals surface area contributed by atoms with Crippen LogP contribution in [-0.2, 0) is 13.3 Å². The minimum atomic E-state index is -2.55. The molecule has 1 atom stereocenters. The molecule has 0 aliphatic rings. The lowest BCUT2D eigenvalue weighted by Crippen LogP contribution is -2.40. The Morgan fingerprint density at radius 2 is 1.79 bits per heavy atom. The van der Waals surface area contributed by atoms with Crippen molar-refractivity contribution in [2.45, 2.75) is 33.1 Å². The van der Waals surface area contributed by atoms with E-state index in [1.54, 1.807) is 21.3 Å². The zero-order valence-corrected chi connectivity index (χ0v) is 13.9. The second kappa shape index (κ2) is 10.1. The largest absolute Gasteiger partial charge is 0.528 e. The minimum absolute atomic E-state index is 0.578. The van der Waals surface area contributed by atoms with Crippen LogP contribution in [0.5, 0.6) is 0 Å². The van der Waals surface area contributed by atoms with Gasteiger partial charge in [0.05, 0.1) is 0 Å². The quantitative estimate of drug-likeness (QED) is 0.450. The van der Waals surface area contributed by atoms with Gasteiger partial charge in [-0.2, -0.15) is 0 Å². The van der Waals surface area contributed by atoms with Crippen LogP contribution in [0.3, 0.4) is 0 Å². The van der Waals surface area contributed by atoms with Crippen molar-refractivity contribution in [1.29, 1.82) is 0 Å². The maximum atomic E-state index is 5.31. The van der Waals surface area contributed by atoms with Crippen LogP contribution in [-0.4, -0.2) is 30.1 Å². The molecule has 3 nitrogen and oxygen atoms in total. The highest BCUT2D eigenvalue weighted by atomic mass is 28.4. The van der Waals surface area contributed by atoms with Crippen molar-refractivity contribution in [3.63, 3.8) is 0 Å². The van der Waals surface area contributed by atoms with E-state index in [1.807, 2.05) is 17.9 Å². The van der Waals surface area contributed by atoms with Gasteiger partial charge < -0.3 is 13.3 Å². The molecular formula is C15H28O3Si. The van der Waals surface area contributed by atoms with Gasteiger partial charge in [-0.05, 0) is 37.8 Å². The molecule has 110 valence electrons. The molecule has 0 fully saturated rings. The molecule has 0 bridgehead atoms. The predicted octanol–water partition coefficient (Wildman–Crippen LogP) is 3.90. The molecule has 0 heterocycles. The smallest absolute Gasteiger partial charge is 0.374 e. The molecule has 0 amide bonds. The summed E-state index contributed by atoms with van der Waals surface area (Å²) in [5, 5.41) is 0. The van der Waals surface area contributed by atoms with E-state index in [2.05, 4.69) is 26.5 Å². The van der Waals surface area contributed by atoms with Crippen LogP contribution < -0.4 is 0 Å². The maximum Gasteiger partial charge on any atom is 0.528 e. The second-order valence-electron chi connectivity index (χ2n) is 4.66. The normalized spacial score (nSPS) is 14.9. The van der Waals surface area contributed by atoms with E-state index >= 15 is 0 Å². The first kappa shape index (κ1) is 18.3. The van der Waals surface area contributed by atoms with Gasteiger partial charge in [-0.25, -0.2) is 0 Å². The van der Waals surface area contributed by atoms with E-state index in [4.69, 9.17) is 13.3 Å².